The fraction of sp³-hybridized carbons (Fsp3) is 0.414. The molecule has 0 radical (unpaired) electrons. The number of aromatic hydroxyl groups is 3. The van der Waals surface area contributed by atoms with Crippen molar-refractivity contribution in [3.8, 4) is 17.2 Å². The average molecular weight is 470 g/mol. The van der Waals surface area contributed by atoms with Gasteiger partial charge in [-0.1, -0.05) is 80.5 Å². The molecule has 2 aromatic carbocycles. The van der Waals surface area contributed by atoms with Crippen LogP contribution in [-0.2, 0) is 16.2 Å². The Morgan fingerprint density at radius 3 is 1.44 bits per heavy atom. The summed E-state index contributed by atoms with van der Waals surface area (Å²) in [6.07, 6.45) is 1.47. The number of rotatable bonds is 0. The molecule has 3 aromatic rings. The Morgan fingerprint density at radius 2 is 1.06 bits per heavy atom. The van der Waals surface area contributed by atoms with Crippen LogP contribution in [0.3, 0.4) is 0 Å². The van der Waals surface area contributed by atoms with Crippen molar-refractivity contribution in [3.63, 3.8) is 0 Å². The molecule has 0 atom stereocenters. The van der Waals surface area contributed by atoms with Crippen LogP contribution in [0.15, 0.2) is 60.8 Å². The quantitative estimate of drug-likeness (QED) is 0.317. The summed E-state index contributed by atoms with van der Waals surface area (Å²) in [6, 6.07) is 15.3. The van der Waals surface area contributed by atoms with Crippen molar-refractivity contribution in [2.75, 3.05) is 0 Å². The topological polar surface area (TPSA) is 73.6 Å². The van der Waals surface area contributed by atoms with E-state index in [1.807, 2.05) is 39.0 Å². The van der Waals surface area contributed by atoms with Crippen LogP contribution >= 0.6 is 0 Å². The molecule has 0 fully saturated rings. The summed E-state index contributed by atoms with van der Waals surface area (Å²) >= 11 is 0. The minimum absolute atomic E-state index is 0.0632. The summed E-state index contributed by atoms with van der Waals surface area (Å²) in [5.74, 6) is -0.290. The van der Waals surface area contributed by atoms with Crippen LogP contribution in [0.1, 0.15) is 79.1 Å². The minimum Gasteiger partial charge on any atom is -0.508 e. The van der Waals surface area contributed by atoms with Gasteiger partial charge in [-0.05, 0) is 58.4 Å². The second-order valence-electron chi connectivity index (χ2n) is 11.4. The van der Waals surface area contributed by atoms with Crippen molar-refractivity contribution in [1.29, 1.82) is 0 Å². The molecule has 0 aliphatic rings. The lowest BCUT2D eigenvalue weighted by molar-refractivity contribution is 0.430. The van der Waals surface area contributed by atoms with Gasteiger partial charge in [0.15, 0.2) is 11.6 Å². The van der Waals surface area contributed by atoms with Gasteiger partial charge in [0, 0.05) is 11.1 Å². The highest BCUT2D eigenvalue weighted by Gasteiger charge is 2.15. The zero-order chi connectivity index (χ0) is 26.3. The van der Waals surface area contributed by atoms with Crippen molar-refractivity contribution >= 4 is 0 Å². The first-order valence-corrected chi connectivity index (χ1v) is 11.4. The summed E-state index contributed by atoms with van der Waals surface area (Å²) in [5, 5.41) is 26.9. The Morgan fingerprint density at radius 1 is 0.588 bits per heavy atom. The predicted molar refractivity (Wildman–Crippen MR) is 138 cm³/mol. The smallest absolute Gasteiger partial charge is 0.165 e. The first-order chi connectivity index (χ1) is 15.4. The van der Waals surface area contributed by atoms with Crippen LogP contribution < -0.4 is 0 Å². The van der Waals surface area contributed by atoms with E-state index < -0.39 is 5.82 Å². The van der Waals surface area contributed by atoms with Gasteiger partial charge in [-0.2, -0.15) is 0 Å². The normalized spacial score (nSPS) is 11.6. The molecule has 34 heavy (non-hydrogen) atoms. The number of aromatic nitrogens is 1. The number of benzene rings is 2. The number of hydrogen-bond acceptors (Lipinski definition) is 4. The van der Waals surface area contributed by atoms with Crippen molar-refractivity contribution < 1.29 is 19.7 Å². The summed E-state index contributed by atoms with van der Waals surface area (Å²) in [7, 11) is 0. The first kappa shape index (κ1) is 29.0. The second kappa shape index (κ2) is 11.4. The van der Waals surface area contributed by atoms with Crippen LogP contribution in [0.25, 0.3) is 0 Å². The van der Waals surface area contributed by atoms with Crippen molar-refractivity contribution in [2.45, 2.75) is 78.6 Å². The Hall–Kier alpha value is -3.08. The molecule has 0 bridgehead atoms. The Bertz CT molecular complexity index is 968. The SMILES string of the molecule is CC(C)(C)c1ccc(O)c(F)c1.CC(C)(C)c1ccc(O)cc1.CC(C)(C)c1ccc(O)cn1. The summed E-state index contributed by atoms with van der Waals surface area (Å²) in [5.41, 5.74) is 3.29. The van der Waals surface area contributed by atoms with Crippen molar-refractivity contribution in [1.82, 2.24) is 4.98 Å². The van der Waals surface area contributed by atoms with E-state index in [1.54, 1.807) is 24.3 Å². The second-order valence-corrected chi connectivity index (χ2v) is 11.4. The highest BCUT2D eigenvalue weighted by Crippen LogP contribution is 2.26. The van der Waals surface area contributed by atoms with E-state index in [0.29, 0.717) is 5.75 Å². The third-order valence-electron chi connectivity index (χ3n) is 5.06. The maximum atomic E-state index is 12.9. The van der Waals surface area contributed by atoms with Gasteiger partial charge in [0.25, 0.3) is 0 Å². The van der Waals surface area contributed by atoms with Crippen LogP contribution in [0, 0.1) is 5.82 Å². The van der Waals surface area contributed by atoms with E-state index >= 15 is 0 Å². The van der Waals surface area contributed by atoms with Gasteiger partial charge in [-0.3, -0.25) is 4.98 Å². The Balaban J connectivity index is 0.000000255. The zero-order valence-corrected chi connectivity index (χ0v) is 21.9. The molecule has 186 valence electrons. The van der Waals surface area contributed by atoms with Crippen LogP contribution in [0.4, 0.5) is 4.39 Å². The molecule has 3 rings (SSSR count). The molecule has 0 aliphatic carbocycles. The van der Waals surface area contributed by atoms with Gasteiger partial charge in [-0.25, -0.2) is 4.39 Å². The molecule has 0 spiro atoms. The molecule has 0 saturated heterocycles. The number of phenols is 2. The number of phenolic OH excluding ortho intramolecular Hbond substituents is 2. The molecule has 0 saturated carbocycles. The van der Waals surface area contributed by atoms with Crippen molar-refractivity contribution in [2.24, 2.45) is 0 Å². The molecule has 3 N–H and O–H groups in total. The third-order valence-corrected chi connectivity index (χ3v) is 5.06. The molecule has 4 nitrogen and oxygen atoms in total. The zero-order valence-electron chi connectivity index (χ0n) is 21.9. The first-order valence-electron chi connectivity index (χ1n) is 11.4. The van der Waals surface area contributed by atoms with Crippen LogP contribution in [0.5, 0.6) is 17.2 Å². The Kier molecular flexibility index (Phi) is 9.68. The monoisotopic (exact) mass is 469 g/mol. The van der Waals surface area contributed by atoms with Crippen molar-refractivity contribution in [3.05, 3.63) is 83.4 Å². The van der Waals surface area contributed by atoms with Gasteiger partial charge < -0.3 is 15.3 Å². The molecular weight excluding hydrogens is 429 g/mol. The molecule has 0 aliphatic heterocycles. The van der Waals surface area contributed by atoms with Gasteiger partial charge in [0.05, 0.1) is 6.20 Å². The lowest BCUT2D eigenvalue weighted by Crippen LogP contribution is -2.12. The average Bonchev–Trinajstić information content (AvgIpc) is 2.69. The molecular formula is C29H40FNO3. The van der Waals surface area contributed by atoms with Gasteiger partial charge >= 0.3 is 0 Å². The fourth-order valence-corrected chi connectivity index (χ4v) is 2.76. The van der Waals surface area contributed by atoms with E-state index in [9.17, 15) is 4.39 Å². The Labute approximate surface area is 204 Å². The third kappa shape index (κ3) is 9.82. The van der Waals surface area contributed by atoms with Gasteiger partial charge in [-0.15, -0.1) is 0 Å². The highest BCUT2D eigenvalue weighted by molar-refractivity contribution is 5.32. The maximum absolute atomic E-state index is 12.9. The molecule has 0 unspecified atom stereocenters. The lowest BCUT2D eigenvalue weighted by Gasteiger charge is -2.18. The molecule has 5 heteroatoms. The van der Waals surface area contributed by atoms with E-state index in [-0.39, 0.29) is 27.7 Å². The number of nitrogens with zero attached hydrogens (tertiary/aromatic N) is 1. The number of halogens is 1. The summed E-state index contributed by atoms with van der Waals surface area (Å²) < 4.78 is 12.9. The van der Waals surface area contributed by atoms with Gasteiger partial charge in [0.1, 0.15) is 11.5 Å². The summed E-state index contributed by atoms with van der Waals surface area (Å²) in [6.45, 7) is 18.7. The molecule has 1 aromatic heterocycles. The van der Waals surface area contributed by atoms with Crippen LogP contribution in [-0.4, -0.2) is 20.3 Å². The highest BCUT2D eigenvalue weighted by atomic mass is 19.1. The molecule has 1 heterocycles. The predicted octanol–water partition coefficient (Wildman–Crippen LogP) is 7.60. The van der Waals surface area contributed by atoms with E-state index in [2.05, 4.69) is 46.5 Å². The molecule has 0 amide bonds. The van der Waals surface area contributed by atoms with E-state index in [4.69, 9.17) is 15.3 Å². The van der Waals surface area contributed by atoms with E-state index in [1.165, 1.54) is 23.9 Å². The largest absolute Gasteiger partial charge is 0.508 e. The van der Waals surface area contributed by atoms with Gasteiger partial charge in [0.2, 0.25) is 0 Å². The fourth-order valence-electron chi connectivity index (χ4n) is 2.76. The number of pyridine rings is 1. The van der Waals surface area contributed by atoms with E-state index in [0.717, 1.165) is 11.3 Å². The number of hydrogen-bond donors (Lipinski definition) is 3. The van der Waals surface area contributed by atoms with Crippen LogP contribution in [0.2, 0.25) is 0 Å². The minimum atomic E-state index is -0.553. The summed E-state index contributed by atoms with van der Waals surface area (Å²) in [4.78, 5) is 4.10. The lowest BCUT2D eigenvalue weighted by atomic mass is 9.87. The standard InChI is InChI=1S/C10H13FO.C10H14O.C9H13NO/c1-10(2,3)7-4-5-9(12)8(11)6-7;1-10(2,3)8-4-6-9(11)7-5-8;1-9(2,3)8-5-4-7(11)6-10-8/h4-6,12H,1-3H3;4-7,11H,1-3H3;4-6,11H,1-3H3. The maximum Gasteiger partial charge on any atom is 0.165 e.